The number of carboxylic acids is 1. The van der Waals surface area contributed by atoms with Crippen molar-refractivity contribution in [2.75, 3.05) is 13.1 Å². The van der Waals surface area contributed by atoms with Gasteiger partial charge in [-0.05, 0) is 24.7 Å². The van der Waals surface area contributed by atoms with Gasteiger partial charge in [-0.15, -0.1) is 0 Å². The van der Waals surface area contributed by atoms with Gasteiger partial charge in [0.1, 0.15) is 5.54 Å². The smallest absolute Gasteiger partial charge is 0.325 e. The van der Waals surface area contributed by atoms with E-state index in [9.17, 15) is 9.59 Å². The van der Waals surface area contributed by atoms with Crippen molar-refractivity contribution in [1.29, 1.82) is 0 Å². The molecule has 19 heavy (non-hydrogen) atoms. The van der Waals surface area contributed by atoms with Crippen molar-refractivity contribution in [3.05, 3.63) is 0 Å². The second kappa shape index (κ2) is 4.78. The number of nitrogens with zero attached hydrogens (tertiary/aromatic N) is 1. The van der Waals surface area contributed by atoms with E-state index in [0.717, 1.165) is 19.3 Å². The topological polar surface area (TPSA) is 83.6 Å². The molecule has 1 saturated heterocycles. The summed E-state index contributed by atoms with van der Waals surface area (Å²) in [6.07, 6.45) is 4.57. The molecule has 2 atom stereocenters. The van der Waals surface area contributed by atoms with E-state index < -0.39 is 11.5 Å². The van der Waals surface area contributed by atoms with Gasteiger partial charge in [0.05, 0.1) is 0 Å². The van der Waals surface area contributed by atoms with E-state index in [0.29, 0.717) is 13.0 Å². The van der Waals surface area contributed by atoms with Crippen LogP contribution in [0.25, 0.3) is 0 Å². The fraction of sp³-hybridized carbons (Fsp3) is 0.857. The zero-order valence-electron chi connectivity index (χ0n) is 11.8. The lowest BCUT2D eigenvalue weighted by atomic mass is 9.68. The summed E-state index contributed by atoms with van der Waals surface area (Å²) < 4.78 is 0. The number of aliphatic carboxylic acids is 1. The number of nitrogens with two attached hydrogens (primary N) is 1. The minimum Gasteiger partial charge on any atom is -0.480 e. The molecule has 2 aliphatic rings. The van der Waals surface area contributed by atoms with Crippen LogP contribution in [0.2, 0.25) is 0 Å². The fourth-order valence-corrected chi connectivity index (χ4v) is 3.37. The molecule has 3 N–H and O–H groups in total. The van der Waals surface area contributed by atoms with Crippen molar-refractivity contribution in [2.24, 2.45) is 17.1 Å². The van der Waals surface area contributed by atoms with Crippen LogP contribution in [0.4, 0.5) is 0 Å². The Morgan fingerprint density at radius 3 is 2.47 bits per heavy atom. The van der Waals surface area contributed by atoms with Gasteiger partial charge in [-0.3, -0.25) is 9.59 Å². The van der Waals surface area contributed by atoms with Crippen LogP contribution in [0.15, 0.2) is 0 Å². The highest BCUT2D eigenvalue weighted by atomic mass is 16.4. The molecule has 1 aliphatic carbocycles. The molecule has 1 amide bonds. The summed E-state index contributed by atoms with van der Waals surface area (Å²) in [6, 6.07) is 0. The molecular formula is C14H24N2O3. The largest absolute Gasteiger partial charge is 0.480 e. The van der Waals surface area contributed by atoms with Crippen LogP contribution in [0.1, 0.15) is 46.0 Å². The van der Waals surface area contributed by atoms with Crippen LogP contribution >= 0.6 is 0 Å². The van der Waals surface area contributed by atoms with Crippen molar-refractivity contribution < 1.29 is 14.7 Å². The average Bonchev–Trinajstić information content (AvgIpc) is 2.72. The van der Waals surface area contributed by atoms with E-state index in [1.165, 1.54) is 6.42 Å². The van der Waals surface area contributed by atoms with Crippen LogP contribution in [0, 0.1) is 11.3 Å². The van der Waals surface area contributed by atoms with Gasteiger partial charge in [-0.1, -0.05) is 26.7 Å². The zero-order chi connectivity index (χ0) is 14.3. The number of carbonyl (C=O) groups is 2. The van der Waals surface area contributed by atoms with Crippen molar-refractivity contribution in [2.45, 2.75) is 51.5 Å². The Hall–Kier alpha value is -1.10. The molecule has 0 spiro atoms. The summed E-state index contributed by atoms with van der Waals surface area (Å²) in [4.78, 5) is 25.4. The normalized spacial score (nSPS) is 34.3. The first kappa shape index (κ1) is 14.3. The average molecular weight is 268 g/mol. The molecule has 1 heterocycles. The molecule has 2 fully saturated rings. The molecule has 0 radical (unpaired) electrons. The van der Waals surface area contributed by atoms with Gasteiger partial charge in [0.15, 0.2) is 0 Å². The molecule has 0 aromatic rings. The molecule has 0 bridgehead atoms. The summed E-state index contributed by atoms with van der Waals surface area (Å²) in [6.45, 7) is 4.89. The van der Waals surface area contributed by atoms with Crippen LogP contribution < -0.4 is 5.73 Å². The van der Waals surface area contributed by atoms with Crippen LogP contribution in [0.3, 0.4) is 0 Å². The third-order valence-electron chi connectivity index (χ3n) is 4.84. The highest BCUT2D eigenvalue weighted by molar-refractivity contribution is 5.84. The molecule has 108 valence electrons. The minimum atomic E-state index is -1.26. The Morgan fingerprint density at radius 2 is 1.95 bits per heavy atom. The van der Waals surface area contributed by atoms with Crippen LogP contribution in [-0.4, -0.2) is 40.5 Å². The minimum absolute atomic E-state index is 0.0115. The molecule has 5 nitrogen and oxygen atoms in total. The Kier molecular flexibility index (Phi) is 3.60. The summed E-state index contributed by atoms with van der Waals surface area (Å²) in [7, 11) is 0. The maximum absolute atomic E-state index is 12.6. The third kappa shape index (κ3) is 2.61. The standard InChI is InChI=1S/C14H24N2O3/c1-13(2)6-4-3-5-10(13)11(17)16-8-7-14(15,9-16)12(18)19/h10H,3-9,15H2,1-2H3,(H,18,19). The number of carbonyl (C=O) groups excluding carboxylic acids is 1. The second-order valence-electron chi connectivity index (χ2n) is 6.76. The third-order valence-corrected chi connectivity index (χ3v) is 4.84. The number of hydrogen-bond donors (Lipinski definition) is 2. The van der Waals surface area contributed by atoms with Gasteiger partial charge in [-0.2, -0.15) is 0 Å². The molecule has 0 aromatic heterocycles. The highest BCUT2D eigenvalue weighted by Crippen LogP contribution is 2.42. The Balaban J connectivity index is 2.07. The lowest BCUT2D eigenvalue weighted by molar-refractivity contribution is -0.144. The van der Waals surface area contributed by atoms with Gasteiger partial charge in [0, 0.05) is 19.0 Å². The van der Waals surface area contributed by atoms with E-state index >= 15 is 0 Å². The number of rotatable bonds is 2. The monoisotopic (exact) mass is 268 g/mol. The Labute approximate surface area is 114 Å². The lowest BCUT2D eigenvalue weighted by Gasteiger charge is -2.39. The zero-order valence-corrected chi connectivity index (χ0v) is 11.8. The molecular weight excluding hydrogens is 244 g/mol. The van der Waals surface area contributed by atoms with Gasteiger partial charge < -0.3 is 15.7 Å². The summed E-state index contributed by atoms with van der Waals surface area (Å²) >= 11 is 0. The van der Waals surface area contributed by atoms with Crippen LogP contribution in [-0.2, 0) is 9.59 Å². The summed E-state index contributed by atoms with van der Waals surface area (Å²) in [5, 5.41) is 9.12. The van der Waals surface area contributed by atoms with Crippen molar-refractivity contribution in [3.8, 4) is 0 Å². The van der Waals surface area contributed by atoms with E-state index in [-0.39, 0.29) is 23.8 Å². The first-order chi connectivity index (χ1) is 8.76. The lowest BCUT2D eigenvalue weighted by Crippen LogP contribution is -2.52. The molecule has 1 saturated carbocycles. The SMILES string of the molecule is CC1(C)CCCCC1C(=O)N1CCC(N)(C(=O)O)C1. The van der Waals surface area contributed by atoms with Gasteiger partial charge in [0.2, 0.25) is 5.91 Å². The van der Waals surface area contributed by atoms with Gasteiger partial charge in [0.25, 0.3) is 0 Å². The maximum atomic E-state index is 12.6. The fourth-order valence-electron chi connectivity index (χ4n) is 3.37. The van der Waals surface area contributed by atoms with E-state index in [2.05, 4.69) is 13.8 Å². The van der Waals surface area contributed by atoms with Crippen molar-refractivity contribution in [1.82, 2.24) is 4.90 Å². The molecule has 2 rings (SSSR count). The number of carboxylic acid groups (broad SMARTS) is 1. The Bertz CT molecular complexity index is 394. The van der Waals surface area contributed by atoms with Crippen molar-refractivity contribution in [3.63, 3.8) is 0 Å². The van der Waals surface area contributed by atoms with Crippen molar-refractivity contribution >= 4 is 11.9 Å². The molecule has 5 heteroatoms. The van der Waals surface area contributed by atoms with Gasteiger partial charge in [-0.25, -0.2) is 0 Å². The Morgan fingerprint density at radius 1 is 1.26 bits per heavy atom. The number of likely N-dealkylation sites (tertiary alicyclic amines) is 1. The van der Waals surface area contributed by atoms with Crippen LogP contribution in [0.5, 0.6) is 0 Å². The van der Waals surface area contributed by atoms with E-state index in [4.69, 9.17) is 10.8 Å². The number of hydrogen-bond acceptors (Lipinski definition) is 3. The second-order valence-corrected chi connectivity index (χ2v) is 6.76. The quantitative estimate of drug-likeness (QED) is 0.788. The first-order valence-corrected chi connectivity index (χ1v) is 7.07. The predicted octanol–water partition coefficient (Wildman–Crippen LogP) is 1.22. The summed E-state index contributed by atoms with van der Waals surface area (Å²) in [5.41, 5.74) is 4.59. The highest BCUT2D eigenvalue weighted by Gasteiger charge is 2.46. The van der Waals surface area contributed by atoms with Gasteiger partial charge >= 0.3 is 5.97 Å². The molecule has 1 aliphatic heterocycles. The number of amides is 1. The molecule has 0 aromatic carbocycles. The maximum Gasteiger partial charge on any atom is 0.325 e. The predicted molar refractivity (Wildman–Crippen MR) is 71.5 cm³/mol. The van der Waals surface area contributed by atoms with E-state index in [1.54, 1.807) is 4.90 Å². The first-order valence-electron chi connectivity index (χ1n) is 7.07. The van der Waals surface area contributed by atoms with E-state index in [1.807, 2.05) is 0 Å². The summed E-state index contributed by atoms with van der Waals surface area (Å²) in [5.74, 6) is -0.902. The molecule has 2 unspecified atom stereocenters.